The van der Waals surface area contributed by atoms with Gasteiger partial charge in [-0.3, -0.25) is 14.8 Å². The average molecular weight is 557 g/mol. The molecule has 0 bridgehead atoms. The number of fused-ring (bicyclic) bond motifs is 1. The smallest absolute Gasteiger partial charge is 0.406 e. The molecule has 1 aliphatic rings. The van der Waals surface area contributed by atoms with E-state index < -0.39 is 6.36 Å². The van der Waals surface area contributed by atoms with Crippen molar-refractivity contribution in [2.75, 3.05) is 26.2 Å². The molecule has 3 heterocycles. The molecule has 206 valence electrons. The lowest BCUT2D eigenvalue weighted by Crippen LogP contribution is -2.45. The number of nitrogens with zero attached hydrogens (tertiary/aromatic N) is 4. The maximum atomic E-state index is 12.6. The third kappa shape index (κ3) is 6.93. The summed E-state index contributed by atoms with van der Waals surface area (Å²) in [5, 5.41) is 1.81. The average Bonchev–Trinajstić information content (AvgIpc) is 3.27. The Hall–Kier alpha value is -3.07. The number of pyridine rings is 1. The predicted octanol–water partition coefficient (Wildman–Crippen LogP) is 7.37. The lowest BCUT2D eigenvalue weighted by molar-refractivity contribution is -0.274. The summed E-state index contributed by atoms with van der Waals surface area (Å²) >= 11 is 6.29. The summed E-state index contributed by atoms with van der Waals surface area (Å²) in [6.07, 6.45) is 1.32. The second-order valence-corrected chi connectivity index (χ2v) is 10.4. The number of piperazine rings is 1. The van der Waals surface area contributed by atoms with Crippen LogP contribution in [0.1, 0.15) is 31.0 Å². The monoisotopic (exact) mass is 556 g/mol. The predicted molar refractivity (Wildman–Crippen MR) is 149 cm³/mol. The highest BCUT2D eigenvalue weighted by Gasteiger charge is 2.31. The van der Waals surface area contributed by atoms with Crippen molar-refractivity contribution in [3.8, 4) is 16.9 Å². The standard InChI is InChI=1S/C30H32ClF3N4O/c1-2-3-13-38-20-26(23-7-9-24(10-8-23)39-30(32,33)34)25-18-22(6-11-29(25)38)19-36-14-16-37(17-15-36)21-28-27(31)5-4-12-35-28/h4-12,18,20H,2-3,13-17,19,21H2,1H3. The normalized spacial score (nSPS) is 15.2. The van der Waals surface area contributed by atoms with Gasteiger partial charge in [-0.2, -0.15) is 0 Å². The van der Waals surface area contributed by atoms with Gasteiger partial charge in [-0.1, -0.05) is 43.1 Å². The first-order chi connectivity index (χ1) is 18.8. The quantitative estimate of drug-likeness (QED) is 0.215. The number of rotatable bonds is 9. The number of ether oxygens (including phenoxy) is 1. The van der Waals surface area contributed by atoms with Crippen molar-refractivity contribution in [1.82, 2.24) is 19.4 Å². The number of aryl methyl sites for hydroxylation is 1. The minimum Gasteiger partial charge on any atom is -0.406 e. The molecule has 0 amide bonds. The molecular formula is C30H32ClF3N4O. The zero-order chi connectivity index (χ0) is 27.4. The molecule has 0 saturated carbocycles. The first-order valence-corrected chi connectivity index (χ1v) is 13.7. The van der Waals surface area contributed by atoms with Crippen LogP contribution in [0.2, 0.25) is 5.02 Å². The van der Waals surface area contributed by atoms with E-state index in [4.69, 9.17) is 11.6 Å². The number of unbranched alkanes of at least 4 members (excludes halogenated alkanes) is 1. The van der Waals surface area contributed by atoms with Crippen molar-refractivity contribution >= 4 is 22.5 Å². The molecule has 39 heavy (non-hydrogen) atoms. The molecule has 5 nitrogen and oxygen atoms in total. The Morgan fingerprint density at radius 2 is 1.67 bits per heavy atom. The van der Waals surface area contributed by atoms with Crippen LogP contribution < -0.4 is 4.74 Å². The first kappa shape index (κ1) is 27.5. The summed E-state index contributed by atoms with van der Waals surface area (Å²) in [5.74, 6) is -0.217. The zero-order valence-corrected chi connectivity index (χ0v) is 22.7. The van der Waals surface area contributed by atoms with E-state index in [0.29, 0.717) is 5.02 Å². The SMILES string of the molecule is CCCCn1cc(-c2ccc(OC(F)(F)F)cc2)c2cc(CN3CCN(Cc4ncccc4Cl)CC3)ccc21. The van der Waals surface area contributed by atoms with E-state index in [9.17, 15) is 13.2 Å². The van der Waals surface area contributed by atoms with Gasteiger partial charge in [0.05, 0.1) is 10.7 Å². The van der Waals surface area contributed by atoms with Crippen LogP contribution in [0.15, 0.2) is 67.0 Å². The summed E-state index contributed by atoms with van der Waals surface area (Å²) < 4.78 is 44.2. The number of hydrogen-bond acceptors (Lipinski definition) is 4. The van der Waals surface area contributed by atoms with Crippen molar-refractivity contribution in [2.24, 2.45) is 0 Å². The van der Waals surface area contributed by atoms with E-state index in [0.717, 1.165) is 86.4 Å². The van der Waals surface area contributed by atoms with E-state index in [1.165, 1.54) is 17.7 Å². The van der Waals surface area contributed by atoms with E-state index in [2.05, 4.69) is 55.4 Å². The number of benzene rings is 2. The van der Waals surface area contributed by atoms with Gasteiger partial charge >= 0.3 is 6.36 Å². The highest BCUT2D eigenvalue weighted by molar-refractivity contribution is 6.31. The molecule has 0 aliphatic carbocycles. The van der Waals surface area contributed by atoms with E-state index in [1.54, 1.807) is 18.3 Å². The number of aromatic nitrogens is 2. The number of halogens is 4. The van der Waals surface area contributed by atoms with Crippen LogP contribution in [0, 0.1) is 0 Å². The Morgan fingerprint density at radius 3 is 2.33 bits per heavy atom. The van der Waals surface area contributed by atoms with Crippen LogP contribution in [0.25, 0.3) is 22.0 Å². The summed E-state index contributed by atoms with van der Waals surface area (Å²) in [4.78, 5) is 9.25. The number of alkyl halides is 3. The minimum absolute atomic E-state index is 0.217. The third-order valence-corrected chi connectivity index (χ3v) is 7.52. The van der Waals surface area contributed by atoms with Crippen molar-refractivity contribution in [3.63, 3.8) is 0 Å². The molecule has 1 aliphatic heterocycles. The minimum atomic E-state index is -4.70. The van der Waals surface area contributed by atoms with E-state index in [1.807, 2.05) is 12.1 Å². The Labute approximate surface area is 231 Å². The summed E-state index contributed by atoms with van der Waals surface area (Å²) in [7, 11) is 0. The van der Waals surface area contributed by atoms with Crippen molar-refractivity contribution in [2.45, 2.75) is 45.8 Å². The van der Waals surface area contributed by atoms with Crippen molar-refractivity contribution < 1.29 is 17.9 Å². The van der Waals surface area contributed by atoms with Crippen LogP contribution in [0.3, 0.4) is 0 Å². The Morgan fingerprint density at radius 1 is 0.949 bits per heavy atom. The Kier molecular flexibility index (Phi) is 8.45. The van der Waals surface area contributed by atoms with Crippen LogP contribution in [-0.4, -0.2) is 51.9 Å². The van der Waals surface area contributed by atoms with Crippen LogP contribution in [0.4, 0.5) is 13.2 Å². The molecule has 0 N–H and O–H groups in total. The molecule has 0 atom stereocenters. The van der Waals surface area contributed by atoms with Gasteiger partial charge in [0.15, 0.2) is 0 Å². The summed E-state index contributed by atoms with van der Waals surface area (Å²) in [6, 6.07) is 16.5. The largest absolute Gasteiger partial charge is 0.573 e. The molecule has 9 heteroatoms. The van der Waals surface area contributed by atoms with Crippen LogP contribution in [-0.2, 0) is 19.6 Å². The Bertz CT molecular complexity index is 1400. The number of hydrogen-bond donors (Lipinski definition) is 0. The third-order valence-electron chi connectivity index (χ3n) is 7.18. The van der Waals surface area contributed by atoms with Gasteiger partial charge < -0.3 is 9.30 Å². The highest BCUT2D eigenvalue weighted by atomic mass is 35.5. The van der Waals surface area contributed by atoms with E-state index >= 15 is 0 Å². The summed E-state index contributed by atoms with van der Waals surface area (Å²) in [5.41, 5.74) is 5.14. The maximum Gasteiger partial charge on any atom is 0.573 e. The molecular weight excluding hydrogens is 525 g/mol. The Balaban J connectivity index is 1.32. The molecule has 5 rings (SSSR count). The first-order valence-electron chi connectivity index (χ1n) is 13.3. The molecule has 0 spiro atoms. The van der Waals surface area contributed by atoms with Gasteiger partial charge in [0, 0.05) is 74.7 Å². The molecule has 0 unspecified atom stereocenters. The topological polar surface area (TPSA) is 33.5 Å². The fraction of sp³-hybridized carbons (Fsp3) is 0.367. The van der Waals surface area contributed by atoms with Gasteiger partial charge in [-0.15, -0.1) is 13.2 Å². The summed E-state index contributed by atoms with van der Waals surface area (Å²) in [6.45, 7) is 8.44. The fourth-order valence-electron chi connectivity index (χ4n) is 5.13. The maximum absolute atomic E-state index is 12.6. The lowest BCUT2D eigenvalue weighted by atomic mass is 10.0. The van der Waals surface area contributed by atoms with Gasteiger partial charge in [0.25, 0.3) is 0 Å². The molecule has 1 saturated heterocycles. The molecule has 2 aromatic carbocycles. The van der Waals surface area contributed by atoms with Crippen molar-refractivity contribution in [3.05, 3.63) is 83.3 Å². The van der Waals surface area contributed by atoms with Gasteiger partial charge in [-0.25, -0.2) is 0 Å². The highest BCUT2D eigenvalue weighted by Crippen LogP contribution is 2.34. The molecule has 0 radical (unpaired) electrons. The van der Waals surface area contributed by atoms with E-state index in [-0.39, 0.29) is 5.75 Å². The second kappa shape index (κ2) is 12.0. The molecule has 4 aromatic rings. The lowest BCUT2D eigenvalue weighted by Gasteiger charge is -2.34. The molecule has 2 aromatic heterocycles. The van der Waals surface area contributed by atoms with Gasteiger partial charge in [0.2, 0.25) is 0 Å². The fourth-order valence-corrected chi connectivity index (χ4v) is 5.31. The van der Waals surface area contributed by atoms with Gasteiger partial charge in [0.1, 0.15) is 5.75 Å². The van der Waals surface area contributed by atoms with Crippen LogP contribution in [0.5, 0.6) is 5.75 Å². The molecule has 1 fully saturated rings. The van der Waals surface area contributed by atoms with Gasteiger partial charge in [-0.05, 0) is 53.9 Å². The second-order valence-electron chi connectivity index (χ2n) is 10.00. The van der Waals surface area contributed by atoms with Crippen molar-refractivity contribution in [1.29, 1.82) is 0 Å². The van der Waals surface area contributed by atoms with Crippen LogP contribution >= 0.6 is 11.6 Å². The zero-order valence-electron chi connectivity index (χ0n) is 21.9.